The Morgan fingerprint density at radius 3 is 2.50 bits per heavy atom. The molecule has 0 spiro atoms. The first-order chi connectivity index (χ1) is 8.66. The van der Waals surface area contributed by atoms with Crippen molar-refractivity contribution in [1.29, 1.82) is 0 Å². The maximum absolute atomic E-state index is 5.46. The van der Waals surface area contributed by atoms with Crippen molar-refractivity contribution in [3.63, 3.8) is 0 Å². The fourth-order valence-electron chi connectivity index (χ4n) is 3.02. The predicted octanol–water partition coefficient (Wildman–Crippen LogP) is 2.59. The molecule has 1 heterocycles. The van der Waals surface area contributed by atoms with Gasteiger partial charge < -0.3 is 9.84 Å². The van der Waals surface area contributed by atoms with Crippen LogP contribution >= 0.6 is 0 Å². The molecule has 0 unspecified atom stereocenters. The molecule has 18 heavy (non-hydrogen) atoms. The van der Waals surface area contributed by atoms with Crippen LogP contribution < -0.4 is 5.32 Å². The molecule has 100 valence electrons. The van der Waals surface area contributed by atoms with Crippen molar-refractivity contribution in [2.24, 2.45) is 0 Å². The summed E-state index contributed by atoms with van der Waals surface area (Å²) in [7, 11) is 2.06. The van der Waals surface area contributed by atoms with E-state index in [0.717, 1.165) is 18.1 Å². The van der Waals surface area contributed by atoms with Gasteiger partial charge in [-0.05, 0) is 32.7 Å². The van der Waals surface area contributed by atoms with E-state index in [1.165, 1.54) is 44.9 Å². The Balaban J connectivity index is 1.72. The Morgan fingerprint density at radius 2 is 1.89 bits per heavy atom. The third-order valence-corrected chi connectivity index (χ3v) is 4.84. The maximum Gasteiger partial charge on any atom is 0.228 e. The monoisotopic (exact) mass is 249 g/mol. The van der Waals surface area contributed by atoms with Crippen LogP contribution in [0.15, 0.2) is 4.52 Å². The number of aromatic nitrogens is 2. The zero-order chi connectivity index (χ0) is 12.6. The van der Waals surface area contributed by atoms with Gasteiger partial charge in [0, 0.05) is 17.4 Å². The van der Waals surface area contributed by atoms with Crippen LogP contribution in [0.4, 0.5) is 0 Å². The zero-order valence-corrected chi connectivity index (χ0v) is 11.5. The number of nitrogens with zero attached hydrogens (tertiary/aromatic N) is 2. The van der Waals surface area contributed by atoms with Crippen molar-refractivity contribution in [2.75, 3.05) is 7.05 Å². The Bertz CT molecular complexity index is 416. The summed E-state index contributed by atoms with van der Waals surface area (Å²) in [4.78, 5) is 4.61. The average Bonchev–Trinajstić information content (AvgIpc) is 2.97. The SMILES string of the molecule is CNC1(Cc2nc(C3(C)CC3)no2)CCCCC1. The van der Waals surface area contributed by atoms with Crippen LogP contribution in [0.5, 0.6) is 0 Å². The molecule has 4 heteroatoms. The van der Waals surface area contributed by atoms with Crippen LogP contribution in [0.2, 0.25) is 0 Å². The molecule has 1 aromatic rings. The summed E-state index contributed by atoms with van der Waals surface area (Å²) in [6.45, 7) is 2.22. The molecular formula is C14H23N3O. The minimum Gasteiger partial charge on any atom is -0.339 e. The van der Waals surface area contributed by atoms with E-state index in [4.69, 9.17) is 4.52 Å². The van der Waals surface area contributed by atoms with Crippen molar-refractivity contribution in [3.8, 4) is 0 Å². The molecule has 0 saturated heterocycles. The Morgan fingerprint density at radius 1 is 1.17 bits per heavy atom. The van der Waals surface area contributed by atoms with Crippen LogP contribution in [0, 0.1) is 0 Å². The van der Waals surface area contributed by atoms with Crippen LogP contribution in [0.1, 0.15) is 63.6 Å². The number of likely N-dealkylation sites (N-methyl/N-ethyl adjacent to an activating group) is 1. The minimum atomic E-state index is 0.187. The highest BCUT2D eigenvalue weighted by Crippen LogP contribution is 2.46. The normalized spacial score (nSPS) is 25.0. The summed E-state index contributed by atoms with van der Waals surface area (Å²) in [5.74, 6) is 1.73. The summed E-state index contributed by atoms with van der Waals surface area (Å²) < 4.78 is 5.46. The van der Waals surface area contributed by atoms with Gasteiger partial charge in [-0.15, -0.1) is 0 Å². The van der Waals surface area contributed by atoms with Crippen LogP contribution in [0.3, 0.4) is 0 Å². The van der Waals surface area contributed by atoms with E-state index in [1.807, 2.05) is 0 Å². The zero-order valence-electron chi connectivity index (χ0n) is 11.5. The van der Waals surface area contributed by atoms with Gasteiger partial charge in [0.25, 0.3) is 0 Å². The molecule has 3 rings (SSSR count). The molecule has 0 amide bonds. The second-order valence-corrected chi connectivity index (χ2v) is 6.34. The molecule has 2 aliphatic carbocycles. The summed E-state index contributed by atoms with van der Waals surface area (Å²) >= 11 is 0. The Labute approximate surface area is 109 Å². The van der Waals surface area contributed by atoms with Crippen molar-refractivity contribution in [1.82, 2.24) is 15.5 Å². The first-order valence-electron chi connectivity index (χ1n) is 7.18. The van der Waals surface area contributed by atoms with E-state index in [1.54, 1.807) is 0 Å². The molecule has 2 aliphatic rings. The lowest BCUT2D eigenvalue weighted by Gasteiger charge is -2.36. The first kappa shape index (κ1) is 12.2. The number of hydrogen-bond donors (Lipinski definition) is 1. The molecule has 0 aromatic carbocycles. The minimum absolute atomic E-state index is 0.187. The third-order valence-electron chi connectivity index (χ3n) is 4.84. The van der Waals surface area contributed by atoms with Gasteiger partial charge in [0.2, 0.25) is 5.89 Å². The van der Waals surface area contributed by atoms with Crippen LogP contribution in [-0.2, 0) is 11.8 Å². The molecule has 0 bridgehead atoms. The molecule has 0 atom stereocenters. The van der Waals surface area contributed by atoms with Gasteiger partial charge in [0.15, 0.2) is 5.82 Å². The smallest absolute Gasteiger partial charge is 0.228 e. The molecular weight excluding hydrogens is 226 g/mol. The number of hydrogen-bond acceptors (Lipinski definition) is 4. The van der Waals surface area contributed by atoms with Gasteiger partial charge in [0.05, 0.1) is 0 Å². The lowest BCUT2D eigenvalue weighted by molar-refractivity contribution is 0.221. The summed E-state index contributed by atoms with van der Waals surface area (Å²) in [6.07, 6.45) is 9.69. The van der Waals surface area contributed by atoms with Gasteiger partial charge in [-0.2, -0.15) is 4.98 Å². The van der Waals surface area contributed by atoms with Gasteiger partial charge in [0.1, 0.15) is 0 Å². The van der Waals surface area contributed by atoms with Crippen molar-refractivity contribution >= 4 is 0 Å². The highest BCUT2D eigenvalue weighted by molar-refractivity contribution is 5.14. The lowest BCUT2D eigenvalue weighted by Crippen LogP contribution is -2.46. The van der Waals surface area contributed by atoms with E-state index in [2.05, 4.69) is 29.4 Å². The van der Waals surface area contributed by atoms with Gasteiger partial charge in [-0.3, -0.25) is 0 Å². The molecule has 0 radical (unpaired) electrons. The summed E-state index contributed by atoms with van der Waals surface area (Å²) in [6, 6.07) is 0. The second kappa shape index (κ2) is 4.34. The van der Waals surface area contributed by atoms with Gasteiger partial charge in [-0.25, -0.2) is 0 Å². The van der Waals surface area contributed by atoms with Crippen molar-refractivity contribution in [3.05, 3.63) is 11.7 Å². The predicted molar refractivity (Wildman–Crippen MR) is 69.5 cm³/mol. The van der Waals surface area contributed by atoms with E-state index in [0.29, 0.717) is 0 Å². The maximum atomic E-state index is 5.46. The van der Waals surface area contributed by atoms with E-state index < -0.39 is 0 Å². The summed E-state index contributed by atoms with van der Waals surface area (Å²) in [5, 5.41) is 7.67. The Kier molecular flexibility index (Phi) is 2.93. The first-order valence-corrected chi connectivity index (χ1v) is 7.18. The van der Waals surface area contributed by atoms with E-state index >= 15 is 0 Å². The van der Waals surface area contributed by atoms with Crippen LogP contribution in [-0.4, -0.2) is 22.7 Å². The standard InChI is InChI=1S/C14H23N3O/c1-13(8-9-13)12-16-11(18-17-12)10-14(15-2)6-4-3-5-7-14/h15H,3-10H2,1-2H3. The van der Waals surface area contributed by atoms with Gasteiger partial charge >= 0.3 is 0 Å². The van der Waals surface area contributed by atoms with Crippen LogP contribution in [0.25, 0.3) is 0 Å². The topological polar surface area (TPSA) is 51.0 Å². The van der Waals surface area contributed by atoms with Crippen molar-refractivity contribution < 1.29 is 4.52 Å². The molecule has 1 N–H and O–H groups in total. The highest BCUT2D eigenvalue weighted by atomic mass is 16.5. The molecule has 0 aliphatic heterocycles. The van der Waals surface area contributed by atoms with E-state index in [9.17, 15) is 0 Å². The van der Waals surface area contributed by atoms with E-state index in [-0.39, 0.29) is 11.0 Å². The fourth-order valence-corrected chi connectivity index (χ4v) is 3.02. The second-order valence-electron chi connectivity index (χ2n) is 6.34. The average molecular weight is 249 g/mol. The Hall–Kier alpha value is -0.900. The highest BCUT2D eigenvalue weighted by Gasteiger charge is 2.44. The summed E-state index contributed by atoms with van der Waals surface area (Å²) in [5.41, 5.74) is 0.396. The molecule has 4 nitrogen and oxygen atoms in total. The number of nitrogens with one attached hydrogen (secondary N) is 1. The quantitative estimate of drug-likeness (QED) is 0.891. The van der Waals surface area contributed by atoms with Gasteiger partial charge in [-0.1, -0.05) is 31.3 Å². The molecule has 1 aromatic heterocycles. The third kappa shape index (κ3) is 2.18. The molecule has 2 fully saturated rings. The largest absolute Gasteiger partial charge is 0.339 e. The fraction of sp³-hybridized carbons (Fsp3) is 0.857. The molecule has 2 saturated carbocycles. The van der Waals surface area contributed by atoms with Crippen molar-refractivity contribution in [2.45, 2.75) is 69.2 Å². The lowest BCUT2D eigenvalue weighted by atomic mass is 9.79. The number of rotatable bonds is 4.